The molecule has 3 heterocycles. The van der Waals surface area contributed by atoms with Crippen molar-refractivity contribution in [2.24, 2.45) is 5.92 Å². The van der Waals surface area contributed by atoms with Gasteiger partial charge in [-0.3, -0.25) is 14.5 Å². The zero-order valence-electron chi connectivity index (χ0n) is 16.5. The van der Waals surface area contributed by atoms with Gasteiger partial charge >= 0.3 is 0 Å². The van der Waals surface area contributed by atoms with Crippen LogP contribution in [0.1, 0.15) is 62.5 Å². The van der Waals surface area contributed by atoms with Gasteiger partial charge in [0.25, 0.3) is 0 Å². The van der Waals surface area contributed by atoms with Crippen molar-refractivity contribution in [1.29, 1.82) is 0 Å². The number of aliphatic hydroxyl groups excluding tert-OH is 1. The van der Waals surface area contributed by atoms with Crippen LogP contribution in [0, 0.1) is 19.8 Å². The zero-order valence-corrected chi connectivity index (χ0v) is 16.5. The Hall–Kier alpha value is -0.910. The first kappa shape index (κ1) is 18.9. The minimum absolute atomic E-state index is 0.364. The van der Waals surface area contributed by atoms with E-state index in [0.29, 0.717) is 24.6 Å². The Morgan fingerprint density at radius 3 is 2.44 bits per heavy atom. The van der Waals surface area contributed by atoms with E-state index in [-0.39, 0.29) is 0 Å². The number of rotatable bonds is 5. The molecule has 3 rings (SSSR count). The van der Waals surface area contributed by atoms with Crippen molar-refractivity contribution in [3.8, 4) is 0 Å². The topological polar surface area (TPSA) is 44.5 Å². The van der Waals surface area contributed by atoms with E-state index >= 15 is 0 Å². The number of aliphatic hydroxyl groups is 1. The van der Waals surface area contributed by atoms with E-state index in [1.165, 1.54) is 42.9 Å². The Balaban J connectivity index is 1.61. The number of nitrogens with zero attached hydrogens (tertiary/aromatic N) is 4. The van der Waals surface area contributed by atoms with Crippen molar-refractivity contribution < 1.29 is 5.11 Å². The van der Waals surface area contributed by atoms with Gasteiger partial charge in [0.1, 0.15) is 0 Å². The minimum atomic E-state index is 0.364. The summed E-state index contributed by atoms with van der Waals surface area (Å²) in [5, 5.41) is 14.1. The van der Waals surface area contributed by atoms with E-state index in [1.54, 1.807) is 0 Å². The lowest BCUT2D eigenvalue weighted by Gasteiger charge is -2.42. The van der Waals surface area contributed by atoms with E-state index in [4.69, 9.17) is 5.10 Å². The Labute approximate surface area is 153 Å². The van der Waals surface area contributed by atoms with Crippen molar-refractivity contribution >= 4 is 0 Å². The zero-order chi connectivity index (χ0) is 18.0. The first-order valence-electron chi connectivity index (χ1n) is 10.1. The van der Waals surface area contributed by atoms with Gasteiger partial charge in [-0.05, 0) is 78.9 Å². The molecule has 2 aliphatic rings. The highest BCUT2D eigenvalue weighted by molar-refractivity contribution is 5.25. The number of hydrogen-bond acceptors (Lipinski definition) is 4. The van der Waals surface area contributed by atoms with Crippen LogP contribution in [-0.2, 0) is 6.54 Å². The molecule has 0 unspecified atom stereocenters. The van der Waals surface area contributed by atoms with Crippen LogP contribution in [0.3, 0.4) is 0 Å². The summed E-state index contributed by atoms with van der Waals surface area (Å²) in [6.45, 7) is 14.9. The molecule has 2 saturated heterocycles. The van der Waals surface area contributed by atoms with E-state index < -0.39 is 0 Å². The van der Waals surface area contributed by atoms with Gasteiger partial charge in [0.05, 0.1) is 5.69 Å². The van der Waals surface area contributed by atoms with Gasteiger partial charge in [0, 0.05) is 43.0 Å². The summed E-state index contributed by atoms with van der Waals surface area (Å²) in [7, 11) is 0. The average Bonchev–Trinajstić information content (AvgIpc) is 2.90. The standard InChI is InChI=1S/C20H36N4O/c1-15(2)24-17(4)20(16(3)21-24)13-22-9-5-6-19(12-22)23-10-7-18(14-25)8-11-23/h15,18-19,25H,5-14H2,1-4H3/t19-/m1/s1. The van der Waals surface area contributed by atoms with Gasteiger partial charge in [-0.25, -0.2) is 0 Å². The van der Waals surface area contributed by atoms with Gasteiger partial charge in [0.15, 0.2) is 0 Å². The molecule has 5 heteroatoms. The third kappa shape index (κ3) is 4.26. The Morgan fingerprint density at radius 1 is 1.12 bits per heavy atom. The lowest BCUT2D eigenvalue weighted by molar-refractivity contribution is 0.0543. The number of likely N-dealkylation sites (tertiary alicyclic amines) is 2. The molecule has 0 radical (unpaired) electrons. The second kappa shape index (κ2) is 8.19. The fraction of sp³-hybridized carbons (Fsp3) is 0.850. The maximum absolute atomic E-state index is 9.35. The molecule has 1 atom stereocenters. The van der Waals surface area contributed by atoms with Crippen molar-refractivity contribution in [3.05, 3.63) is 17.0 Å². The monoisotopic (exact) mass is 348 g/mol. The van der Waals surface area contributed by atoms with E-state index in [9.17, 15) is 5.11 Å². The lowest BCUT2D eigenvalue weighted by Crippen LogP contribution is -2.50. The second-order valence-corrected chi connectivity index (χ2v) is 8.38. The summed E-state index contributed by atoms with van der Waals surface area (Å²) in [5.74, 6) is 0.531. The highest BCUT2D eigenvalue weighted by atomic mass is 16.3. The van der Waals surface area contributed by atoms with E-state index in [1.807, 2.05) is 0 Å². The molecule has 2 fully saturated rings. The number of hydrogen-bond donors (Lipinski definition) is 1. The minimum Gasteiger partial charge on any atom is -0.396 e. The van der Waals surface area contributed by atoms with Gasteiger partial charge in [-0.1, -0.05) is 0 Å². The molecular formula is C20H36N4O. The maximum Gasteiger partial charge on any atom is 0.0641 e. The maximum atomic E-state index is 9.35. The molecule has 142 valence electrons. The summed E-state index contributed by atoms with van der Waals surface area (Å²) in [6, 6.07) is 1.11. The molecule has 0 aliphatic carbocycles. The molecule has 0 bridgehead atoms. The highest BCUT2D eigenvalue weighted by Gasteiger charge is 2.29. The molecule has 0 amide bonds. The molecule has 1 N–H and O–H groups in total. The number of aryl methyl sites for hydroxylation is 1. The third-order valence-electron chi connectivity index (χ3n) is 6.25. The SMILES string of the molecule is Cc1nn(C(C)C)c(C)c1CN1CCC[C@@H](N2CCC(CO)CC2)C1. The third-order valence-corrected chi connectivity index (χ3v) is 6.25. The fourth-order valence-corrected chi connectivity index (χ4v) is 4.63. The van der Waals surface area contributed by atoms with Gasteiger partial charge in [-0.15, -0.1) is 0 Å². The fourth-order valence-electron chi connectivity index (χ4n) is 4.63. The molecule has 0 spiro atoms. The van der Waals surface area contributed by atoms with Crippen LogP contribution in [0.4, 0.5) is 0 Å². The number of piperidine rings is 2. The highest BCUT2D eigenvalue weighted by Crippen LogP contribution is 2.25. The summed E-state index contributed by atoms with van der Waals surface area (Å²) in [6.07, 6.45) is 4.93. The van der Waals surface area contributed by atoms with Crippen LogP contribution >= 0.6 is 0 Å². The molecule has 2 aliphatic heterocycles. The smallest absolute Gasteiger partial charge is 0.0641 e. The normalized spacial score (nSPS) is 24.3. The van der Waals surface area contributed by atoms with Crippen molar-refractivity contribution in [2.45, 2.75) is 72.0 Å². The average molecular weight is 349 g/mol. The van der Waals surface area contributed by atoms with E-state index in [0.717, 1.165) is 32.5 Å². The van der Waals surface area contributed by atoms with Gasteiger partial charge in [0.2, 0.25) is 0 Å². The van der Waals surface area contributed by atoms with Gasteiger partial charge < -0.3 is 5.11 Å². The molecule has 1 aromatic rings. The van der Waals surface area contributed by atoms with Crippen LogP contribution in [0.5, 0.6) is 0 Å². The van der Waals surface area contributed by atoms with Crippen molar-refractivity contribution in [1.82, 2.24) is 19.6 Å². The lowest BCUT2D eigenvalue weighted by atomic mass is 9.94. The Bertz CT molecular complexity index is 560. The molecule has 0 aromatic carbocycles. The molecular weight excluding hydrogens is 312 g/mol. The molecule has 0 saturated carbocycles. The quantitative estimate of drug-likeness (QED) is 0.889. The first-order valence-corrected chi connectivity index (χ1v) is 10.1. The van der Waals surface area contributed by atoms with Crippen LogP contribution in [0.2, 0.25) is 0 Å². The largest absolute Gasteiger partial charge is 0.396 e. The Morgan fingerprint density at radius 2 is 1.84 bits per heavy atom. The molecule has 5 nitrogen and oxygen atoms in total. The second-order valence-electron chi connectivity index (χ2n) is 8.38. The number of aromatic nitrogens is 2. The summed E-state index contributed by atoms with van der Waals surface area (Å²) in [4.78, 5) is 5.31. The predicted octanol–water partition coefficient (Wildman–Crippen LogP) is 2.75. The van der Waals surface area contributed by atoms with Crippen molar-refractivity contribution in [3.63, 3.8) is 0 Å². The van der Waals surface area contributed by atoms with Crippen LogP contribution < -0.4 is 0 Å². The first-order chi connectivity index (χ1) is 12.0. The van der Waals surface area contributed by atoms with E-state index in [2.05, 4.69) is 42.2 Å². The summed E-state index contributed by atoms with van der Waals surface area (Å²) in [5.41, 5.74) is 3.95. The van der Waals surface area contributed by atoms with Crippen LogP contribution in [-0.4, -0.2) is 63.5 Å². The summed E-state index contributed by atoms with van der Waals surface area (Å²) >= 11 is 0. The van der Waals surface area contributed by atoms with Gasteiger partial charge in [-0.2, -0.15) is 5.10 Å². The predicted molar refractivity (Wildman–Crippen MR) is 102 cm³/mol. The summed E-state index contributed by atoms with van der Waals surface area (Å²) < 4.78 is 2.17. The molecule has 25 heavy (non-hydrogen) atoms. The van der Waals surface area contributed by atoms with Crippen LogP contribution in [0.25, 0.3) is 0 Å². The van der Waals surface area contributed by atoms with Crippen LogP contribution in [0.15, 0.2) is 0 Å². The van der Waals surface area contributed by atoms with Crippen molar-refractivity contribution in [2.75, 3.05) is 32.8 Å². The Kier molecular flexibility index (Phi) is 6.18. The molecule has 1 aromatic heterocycles.